The number of benzene rings is 1. The van der Waals surface area contributed by atoms with Gasteiger partial charge in [0.2, 0.25) is 6.79 Å². The van der Waals surface area contributed by atoms with Gasteiger partial charge in [-0.3, -0.25) is 4.90 Å². The topological polar surface area (TPSA) is 33.7 Å². The summed E-state index contributed by atoms with van der Waals surface area (Å²) < 4.78 is 10.7. The molecule has 1 aromatic carbocycles. The molecule has 1 fully saturated rings. The van der Waals surface area contributed by atoms with Crippen LogP contribution in [-0.2, 0) is 6.54 Å². The minimum atomic E-state index is 0.266. The van der Waals surface area contributed by atoms with E-state index in [9.17, 15) is 0 Å². The van der Waals surface area contributed by atoms with Gasteiger partial charge in [-0.25, -0.2) is 0 Å². The lowest BCUT2D eigenvalue weighted by atomic mass is 10.1. The molecular weight excluding hydrogens is 252 g/mol. The number of nitrogens with one attached hydrogen (secondary N) is 1. The Bertz CT molecular complexity index is 453. The van der Waals surface area contributed by atoms with Gasteiger partial charge in [-0.05, 0) is 24.6 Å². The smallest absolute Gasteiger partial charge is 0.231 e. The summed E-state index contributed by atoms with van der Waals surface area (Å²) in [6, 6.07) is 4.55. The fourth-order valence-corrected chi connectivity index (χ4v) is 2.75. The summed E-state index contributed by atoms with van der Waals surface area (Å²) in [4.78, 5) is 2.45. The summed E-state index contributed by atoms with van der Waals surface area (Å²) in [6.07, 6.45) is 0. The second-order valence-electron chi connectivity index (χ2n) is 4.84. The van der Waals surface area contributed by atoms with E-state index in [0.717, 1.165) is 31.9 Å². The average Bonchev–Trinajstić information content (AvgIpc) is 2.81. The molecule has 1 N–H and O–H groups in total. The lowest BCUT2D eigenvalue weighted by Gasteiger charge is -2.33. The van der Waals surface area contributed by atoms with Gasteiger partial charge in [0.15, 0.2) is 11.5 Å². The van der Waals surface area contributed by atoms with E-state index in [0.29, 0.717) is 16.8 Å². The van der Waals surface area contributed by atoms with Crippen molar-refractivity contribution < 1.29 is 9.47 Å². The highest BCUT2D eigenvalue weighted by molar-refractivity contribution is 6.32. The Morgan fingerprint density at radius 2 is 2.33 bits per heavy atom. The number of ether oxygens (including phenoxy) is 2. The third-order valence-electron chi connectivity index (χ3n) is 3.51. The maximum Gasteiger partial charge on any atom is 0.231 e. The van der Waals surface area contributed by atoms with Crippen molar-refractivity contribution in [3.8, 4) is 11.5 Å². The van der Waals surface area contributed by atoms with Crippen LogP contribution in [0.2, 0.25) is 5.02 Å². The van der Waals surface area contributed by atoms with Crippen molar-refractivity contribution in [3.63, 3.8) is 0 Å². The molecule has 4 nitrogen and oxygen atoms in total. The van der Waals surface area contributed by atoms with Crippen molar-refractivity contribution in [1.29, 1.82) is 0 Å². The predicted molar refractivity (Wildman–Crippen MR) is 70.3 cm³/mol. The first kappa shape index (κ1) is 12.1. The van der Waals surface area contributed by atoms with Crippen molar-refractivity contribution in [3.05, 3.63) is 22.7 Å². The number of fused-ring (bicyclic) bond motifs is 1. The largest absolute Gasteiger partial charge is 0.454 e. The summed E-state index contributed by atoms with van der Waals surface area (Å²) >= 11 is 6.19. The van der Waals surface area contributed by atoms with Gasteiger partial charge >= 0.3 is 0 Å². The van der Waals surface area contributed by atoms with E-state index >= 15 is 0 Å². The number of piperazine rings is 1. The van der Waals surface area contributed by atoms with Crippen molar-refractivity contribution in [2.45, 2.75) is 19.5 Å². The molecule has 0 saturated carbocycles. The minimum absolute atomic E-state index is 0.266. The van der Waals surface area contributed by atoms with Gasteiger partial charge in [0.05, 0.1) is 5.02 Å². The lowest BCUT2D eigenvalue weighted by molar-refractivity contribution is 0.165. The molecule has 1 atom stereocenters. The van der Waals surface area contributed by atoms with E-state index < -0.39 is 0 Å². The second-order valence-corrected chi connectivity index (χ2v) is 5.24. The van der Waals surface area contributed by atoms with Gasteiger partial charge in [-0.1, -0.05) is 11.6 Å². The van der Waals surface area contributed by atoms with Gasteiger partial charge in [0.25, 0.3) is 0 Å². The molecule has 2 aliphatic rings. The Morgan fingerprint density at radius 3 is 3.17 bits per heavy atom. The fraction of sp³-hybridized carbons (Fsp3) is 0.538. The van der Waals surface area contributed by atoms with Crippen LogP contribution in [-0.4, -0.2) is 37.4 Å². The zero-order valence-electron chi connectivity index (χ0n) is 10.4. The van der Waals surface area contributed by atoms with Crippen LogP contribution in [0.4, 0.5) is 0 Å². The zero-order valence-corrected chi connectivity index (χ0v) is 11.2. The molecule has 0 bridgehead atoms. The molecule has 1 saturated heterocycles. The summed E-state index contributed by atoms with van der Waals surface area (Å²) in [5, 5.41) is 4.03. The van der Waals surface area contributed by atoms with Gasteiger partial charge in [0, 0.05) is 32.2 Å². The standard InChI is InChI=1S/C13H17ClN2O2/c1-9-6-15-2-3-16(9)7-10-4-11(14)13-12(5-10)17-8-18-13/h4-5,9,15H,2-3,6-8H2,1H3. The van der Waals surface area contributed by atoms with Gasteiger partial charge in [0.1, 0.15) is 0 Å². The number of halogens is 1. The van der Waals surface area contributed by atoms with Gasteiger partial charge in [-0.2, -0.15) is 0 Å². The van der Waals surface area contributed by atoms with Crippen molar-refractivity contribution in [2.75, 3.05) is 26.4 Å². The minimum Gasteiger partial charge on any atom is -0.454 e. The predicted octanol–water partition coefficient (Wildman–Crippen LogP) is 1.86. The first-order valence-corrected chi connectivity index (χ1v) is 6.64. The number of hydrogen-bond acceptors (Lipinski definition) is 4. The third kappa shape index (κ3) is 2.28. The normalized spacial score (nSPS) is 23.3. The average molecular weight is 269 g/mol. The summed E-state index contributed by atoms with van der Waals surface area (Å²) in [6.45, 7) is 6.55. The van der Waals surface area contributed by atoms with Crippen LogP contribution >= 0.6 is 11.6 Å². The zero-order chi connectivity index (χ0) is 12.5. The monoisotopic (exact) mass is 268 g/mol. The number of hydrogen-bond donors (Lipinski definition) is 1. The van der Waals surface area contributed by atoms with Crippen LogP contribution in [0.3, 0.4) is 0 Å². The quantitative estimate of drug-likeness (QED) is 0.888. The molecule has 3 rings (SSSR count). The lowest BCUT2D eigenvalue weighted by Crippen LogP contribution is -2.49. The molecule has 1 aromatic rings. The Morgan fingerprint density at radius 1 is 1.44 bits per heavy atom. The first-order chi connectivity index (χ1) is 8.74. The van der Waals surface area contributed by atoms with Gasteiger partial charge < -0.3 is 14.8 Å². The van der Waals surface area contributed by atoms with E-state index in [2.05, 4.69) is 17.1 Å². The highest BCUT2D eigenvalue weighted by atomic mass is 35.5. The van der Waals surface area contributed by atoms with Crippen LogP contribution in [0.25, 0.3) is 0 Å². The molecule has 18 heavy (non-hydrogen) atoms. The van der Waals surface area contributed by atoms with Crippen LogP contribution in [0.5, 0.6) is 11.5 Å². The first-order valence-electron chi connectivity index (χ1n) is 6.27. The van der Waals surface area contributed by atoms with Crippen molar-refractivity contribution >= 4 is 11.6 Å². The summed E-state index contributed by atoms with van der Waals surface area (Å²) in [5.74, 6) is 1.44. The van der Waals surface area contributed by atoms with Crippen LogP contribution in [0.15, 0.2) is 12.1 Å². The SMILES string of the molecule is CC1CNCCN1Cc1cc(Cl)c2c(c1)OCO2. The van der Waals surface area contributed by atoms with Crippen LogP contribution in [0.1, 0.15) is 12.5 Å². The molecule has 1 unspecified atom stereocenters. The van der Waals surface area contributed by atoms with Crippen molar-refractivity contribution in [1.82, 2.24) is 10.2 Å². The molecule has 0 aliphatic carbocycles. The summed E-state index contributed by atoms with van der Waals surface area (Å²) in [7, 11) is 0. The van der Waals surface area contributed by atoms with Crippen LogP contribution < -0.4 is 14.8 Å². The van der Waals surface area contributed by atoms with E-state index in [4.69, 9.17) is 21.1 Å². The Kier molecular flexibility index (Phi) is 3.33. The molecular formula is C13H17ClN2O2. The molecule has 0 radical (unpaired) electrons. The highest BCUT2D eigenvalue weighted by Gasteiger charge is 2.21. The maximum atomic E-state index is 6.19. The second kappa shape index (κ2) is 4.96. The maximum absolute atomic E-state index is 6.19. The molecule has 98 valence electrons. The Hall–Kier alpha value is -0.970. The highest BCUT2D eigenvalue weighted by Crippen LogP contribution is 2.40. The fourth-order valence-electron chi connectivity index (χ4n) is 2.46. The molecule has 0 spiro atoms. The van der Waals surface area contributed by atoms with E-state index in [1.165, 1.54) is 5.56 Å². The Balaban J connectivity index is 1.78. The van der Waals surface area contributed by atoms with Gasteiger partial charge in [-0.15, -0.1) is 0 Å². The van der Waals surface area contributed by atoms with E-state index in [1.807, 2.05) is 12.1 Å². The molecule has 2 heterocycles. The van der Waals surface area contributed by atoms with E-state index in [1.54, 1.807) is 0 Å². The number of nitrogens with zero attached hydrogens (tertiary/aromatic N) is 1. The number of rotatable bonds is 2. The van der Waals surface area contributed by atoms with E-state index in [-0.39, 0.29) is 6.79 Å². The Labute approximate surface area is 112 Å². The summed E-state index contributed by atoms with van der Waals surface area (Å²) in [5.41, 5.74) is 1.18. The van der Waals surface area contributed by atoms with Crippen molar-refractivity contribution in [2.24, 2.45) is 0 Å². The molecule has 0 aromatic heterocycles. The van der Waals surface area contributed by atoms with Crippen LogP contribution in [0, 0.1) is 0 Å². The molecule has 5 heteroatoms. The molecule has 2 aliphatic heterocycles. The third-order valence-corrected chi connectivity index (χ3v) is 3.79. The molecule has 0 amide bonds.